The molecule has 0 unspecified atom stereocenters. The second-order valence-corrected chi connectivity index (χ2v) is 5.78. The molecule has 0 amide bonds. The van der Waals surface area contributed by atoms with E-state index in [1.165, 1.54) is 6.20 Å². The summed E-state index contributed by atoms with van der Waals surface area (Å²) in [6.07, 6.45) is 4.73. The molecule has 1 heterocycles. The molecule has 94 valence electrons. The average Bonchev–Trinajstić information content (AvgIpc) is 3.02. The Hall–Kier alpha value is -1.34. The van der Waals surface area contributed by atoms with E-state index in [1.54, 1.807) is 6.07 Å². The van der Waals surface area contributed by atoms with E-state index in [4.69, 9.17) is 10.5 Å². The molecular formula is C10H15N3O3S. The highest BCUT2D eigenvalue weighted by atomic mass is 32.2. The minimum atomic E-state index is -3.34. The number of hydrogen-bond acceptors (Lipinski definition) is 5. The molecule has 1 aromatic heterocycles. The molecule has 1 saturated carbocycles. The third-order valence-corrected chi connectivity index (χ3v) is 2.87. The summed E-state index contributed by atoms with van der Waals surface area (Å²) in [6, 6.07) is 1.57. The largest absolute Gasteiger partial charge is 0.486 e. The van der Waals surface area contributed by atoms with E-state index in [9.17, 15) is 8.42 Å². The molecule has 0 aromatic carbocycles. The Morgan fingerprint density at radius 2 is 2.29 bits per heavy atom. The van der Waals surface area contributed by atoms with Crippen molar-refractivity contribution in [3.63, 3.8) is 0 Å². The van der Waals surface area contributed by atoms with Crippen LogP contribution >= 0.6 is 0 Å². The summed E-state index contributed by atoms with van der Waals surface area (Å²) in [6.45, 7) is 0.210. The van der Waals surface area contributed by atoms with Crippen LogP contribution in [0.1, 0.15) is 18.5 Å². The summed E-state index contributed by atoms with van der Waals surface area (Å²) < 4.78 is 30.5. The number of anilines is 1. The molecular weight excluding hydrogens is 242 g/mol. The second kappa shape index (κ2) is 4.50. The minimum absolute atomic E-state index is 0.157. The van der Waals surface area contributed by atoms with Gasteiger partial charge in [0.1, 0.15) is 0 Å². The first-order valence-corrected chi connectivity index (χ1v) is 7.21. The Balaban J connectivity index is 2.34. The van der Waals surface area contributed by atoms with Crippen molar-refractivity contribution in [1.29, 1.82) is 0 Å². The Morgan fingerprint density at radius 1 is 1.59 bits per heavy atom. The molecule has 0 spiro atoms. The highest BCUT2D eigenvalue weighted by molar-refractivity contribution is 7.92. The predicted molar refractivity (Wildman–Crippen MR) is 64.2 cm³/mol. The molecule has 2 rings (SSSR count). The Labute approximate surface area is 100 Å². The standard InChI is InChI=1S/C10H15N3O3S/c1-17(14,15)13-8-4-5-12-9(6-11)10(8)16-7-2-3-7/h4-5,7H,2-3,6,11H2,1H3,(H,12,13). The Morgan fingerprint density at radius 3 is 2.82 bits per heavy atom. The van der Waals surface area contributed by atoms with Gasteiger partial charge in [-0.3, -0.25) is 9.71 Å². The maximum Gasteiger partial charge on any atom is 0.229 e. The maximum absolute atomic E-state index is 11.2. The summed E-state index contributed by atoms with van der Waals surface area (Å²) in [7, 11) is -3.34. The highest BCUT2D eigenvalue weighted by Crippen LogP contribution is 2.34. The molecule has 1 aliphatic carbocycles. The number of nitrogens with two attached hydrogens (primary N) is 1. The van der Waals surface area contributed by atoms with Crippen LogP contribution in [0.25, 0.3) is 0 Å². The third kappa shape index (κ3) is 3.31. The topological polar surface area (TPSA) is 94.3 Å². The molecule has 0 radical (unpaired) electrons. The molecule has 0 bridgehead atoms. The van der Waals surface area contributed by atoms with Crippen molar-refractivity contribution >= 4 is 15.7 Å². The van der Waals surface area contributed by atoms with E-state index in [1.807, 2.05) is 0 Å². The monoisotopic (exact) mass is 257 g/mol. The summed E-state index contributed by atoms with van der Waals surface area (Å²) >= 11 is 0. The van der Waals surface area contributed by atoms with Gasteiger partial charge in [0, 0.05) is 12.7 Å². The number of hydrogen-bond donors (Lipinski definition) is 2. The van der Waals surface area contributed by atoms with Crippen molar-refractivity contribution in [3.05, 3.63) is 18.0 Å². The predicted octanol–water partition coefficient (Wildman–Crippen LogP) is 0.453. The Kier molecular flexibility index (Phi) is 3.21. The van der Waals surface area contributed by atoms with Gasteiger partial charge >= 0.3 is 0 Å². The van der Waals surface area contributed by atoms with E-state index in [-0.39, 0.29) is 12.6 Å². The molecule has 0 saturated heterocycles. The van der Waals surface area contributed by atoms with Crippen LogP contribution in [-0.2, 0) is 16.6 Å². The van der Waals surface area contributed by atoms with Gasteiger partial charge in [-0.15, -0.1) is 0 Å². The molecule has 1 aliphatic rings. The molecule has 1 fully saturated rings. The molecule has 6 nitrogen and oxygen atoms in total. The van der Waals surface area contributed by atoms with E-state index in [2.05, 4.69) is 9.71 Å². The summed E-state index contributed by atoms with van der Waals surface area (Å²) in [5.74, 6) is 0.447. The molecule has 17 heavy (non-hydrogen) atoms. The highest BCUT2D eigenvalue weighted by Gasteiger charge is 2.26. The zero-order valence-corrected chi connectivity index (χ0v) is 10.3. The van der Waals surface area contributed by atoms with Crippen molar-refractivity contribution in [1.82, 2.24) is 4.98 Å². The lowest BCUT2D eigenvalue weighted by molar-refractivity contribution is 0.300. The minimum Gasteiger partial charge on any atom is -0.486 e. The first-order valence-electron chi connectivity index (χ1n) is 5.32. The van der Waals surface area contributed by atoms with E-state index in [0.717, 1.165) is 19.1 Å². The van der Waals surface area contributed by atoms with Crippen LogP contribution in [0, 0.1) is 0 Å². The third-order valence-electron chi connectivity index (χ3n) is 2.28. The normalized spacial score (nSPS) is 15.6. The van der Waals surface area contributed by atoms with E-state index < -0.39 is 10.0 Å². The average molecular weight is 257 g/mol. The van der Waals surface area contributed by atoms with Crippen molar-refractivity contribution in [2.45, 2.75) is 25.5 Å². The molecule has 0 atom stereocenters. The van der Waals surface area contributed by atoms with Gasteiger partial charge in [-0.1, -0.05) is 0 Å². The van der Waals surface area contributed by atoms with E-state index in [0.29, 0.717) is 17.1 Å². The molecule has 3 N–H and O–H groups in total. The zero-order chi connectivity index (χ0) is 12.5. The number of ether oxygens (including phenoxy) is 1. The van der Waals surface area contributed by atoms with Crippen molar-refractivity contribution in [3.8, 4) is 5.75 Å². The molecule has 7 heteroatoms. The van der Waals surface area contributed by atoms with Gasteiger partial charge in [0.25, 0.3) is 0 Å². The van der Waals surface area contributed by atoms with Gasteiger partial charge in [-0.2, -0.15) is 0 Å². The van der Waals surface area contributed by atoms with Crippen LogP contribution in [0.3, 0.4) is 0 Å². The van der Waals surface area contributed by atoms with Gasteiger partial charge in [-0.05, 0) is 18.9 Å². The fraction of sp³-hybridized carbons (Fsp3) is 0.500. The lowest BCUT2D eigenvalue weighted by Crippen LogP contribution is -2.14. The molecule has 1 aromatic rings. The van der Waals surface area contributed by atoms with Crippen molar-refractivity contribution in [2.75, 3.05) is 11.0 Å². The first-order chi connectivity index (χ1) is 7.99. The van der Waals surface area contributed by atoms with Crippen LogP contribution in [0.5, 0.6) is 5.75 Å². The number of rotatable bonds is 5. The number of aromatic nitrogens is 1. The molecule has 0 aliphatic heterocycles. The number of nitrogens with zero attached hydrogens (tertiary/aromatic N) is 1. The van der Waals surface area contributed by atoms with Gasteiger partial charge in [0.2, 0.25) is 10.0 Å². The van der Waals surface area contributed by atoms with Crippen LogP contribution in [0.15, 0.2) is 12.3 Å². The number of pyridine rings is 1. The van der Waals surface area contributed by atoms with Crippen LogP contribution < -0.4 is 15.2 Å². The lowest BCUT2D eigenvalue weighted by Gasteiger charge is -2.14. The Bertz CT molecular complexity index is 512. The van der Waals surface area contributed by atoms with Gasteiger partial charge in [-0.25, -0.2) is 8.42 Å². The van der Waals surface area contributed by atoms with E-state index >= 15 is 0 Å². The van der Waals surface area contributed by atoms with Gasteiger partial charge in [0.05, 0.1) is 23.7 Å². The lowest BCUT2D eigenvalue weighted by atomic mass is 10.3. The quantitative estimate of drug-likeness (QED) is 0.798. The second-order valence-electron chi connectivity index (χ2n) is 4.03. The van der Waals surface area contributed by atoms with Crippen LogP contribution in [-0.4, -0.2) is 25.8 Å². The first kappa shape index (κ1) is 12.1. The summed E-state index contributed by atoms with van der Waals surface area (Å²) in [5.41, 5.74) is 6.52. The fourth-order valence-corrected chi connectivity index (χ4v) is 1.96. The summed E-state index contributed by atoms with van der Waals surface area (Å²) in [4.78, 5) is 4.08. The maximum atomic E-state index is 11.2. The van der Waals surface area contributed by atoms with Gasteiger partial charge < -0.3 is 10.5 Å². The number of sulfonamides is 1. The van der Waals surface area contributed by atoms with Crippen molar-refractivity contribution < 1.29 is 13.2 Å². The van der Waals surface area contributed by atoms with Crippen LogP contribution in [0.4, 0.5) is 5.69 Å². The zero-order valence-electron chi connectivity index (χ0n) is 9.51. The fourth-order valence-electron chi connectivity index (χ4n) is 1.40. The number of nitrogens with one attached hydrogen (secondary N) is 1. The van der Waals surface area contributed by atoms with Crippen LogP contribution in [0.2, 0.25) is 0 Å². The van der Waals surface area contributed by atoms with Gasteiger partial charge in [0.15, 0.2) is 5.75 Å². The SMILES string of the molecule is CS(=O)(=O)Nc1ccnc(CN)c1OC1CC1. The smallest absolute Gasteiger partial charge is 0.229 e. The summed E-state index contributed by atoms with van der Waals surface area (Å²) in [5, 5.41) is 0. The van der Waals surface area contributed by atoms with Crippen molar-refractivity contribution in [2.24, 2.45) is 5.73 Å².